The molecular formula is C30H46O11. The van der Waals surface area contributed by atoms with Crippen molar-refractivity contribution in [1.29, 1.82) is 0 Å². The lowest BCUT2D eigenvalue weighted by Gasteiger charge is -2.51. The molecule has 2 unspecified atom stereocenters. The number of hydrogen-bond acceptors (Lipinski definition) is 11. The van der Waals surface area contributed by atoms with Crippen molar-refractivity contribution in [2.45, 2.75) is 117 Å². The second kappa shape index (κ2) is 14.4. The molecule has 0 aromatic heterocycles. The number of aliphatic hydroxyl groups is 5. The molecule has 41 heavy (non-hydrogen) atoms. The van der Waals surface area contributed by atoms with E-state index in [9.17, 15) is 39.9 Å². The quantitative estimate of drug-likeness (QED) is 0.104. The van der Waals surface area contributed by atoms with Gasteiger partial charge in [-0.2, -0.15) is 0 Å². The molecule has 1 aliphatic rings. The second-order valence-electron chi connectivity index (χ2n) is 11.2. The van der Waals surface area contributed by atoms with Crippen molar-refractivity contribution in [2.24, 2.45) is 5.92 Å². The molecule has 1 fully saturated rings. The van der Waals surface area contributed by atoms with Crippen LogP contribution in [0.15, 0.2) is 47.1 Å². The Morgan fingerprint density at radius 3 is 1.80 bits per heavy atom. The van der Waals surface area contributed by atoms with Gasteiger partial charge in [0.2, 0.25) is 0 Å². The number of carbonyl (C=O) groups excluding carboxylic acids is 3. The Hall–Kier alpha value is -2.83. The lowest BCUT2D eigenvalue weighted by atomic mass is 9.67. The molecular weight excluding hydrogens is 536 g/mol. The van der Waals surface area contributed by atoms with Gasteiger partial charge < -0.3 is 39.7 Å². The highest BCUT2D eigenvalue weighted by atomic mass is 16.6. The van der Waals surface area contributed by atoms with Crippen LogP contribution in [-0.2, 0) is 28.6 Å². The van der Waals surface area contributed by atoms with Gasteiger partial charge in [0.25, 0.3) is 0 Å². The fourth-order valence-corrected chi connectivity index (χ4v) is 4.16. The van der Waals surface area contributed by atoms with Crippen LogP contribution in [0.5, 0.6) is 0 Å². The molecule has 5 N–H and O–H groups in total. The minimum Gasteiger partial charge on any atom is -0.455 e. The number of rotatable bonds is 11. The molecule has 0 aromatic carbocycles. The highest BCUT2D eigenvalue weighted by Crippen LogP contribution is 2.42. The number of aliphatic hydroxyl groups excluding tert-OH is 3. The Bertz CT molecular complexity index is 1080. The maximum absolute atomic E-state index is 12.8. The molecule has 11 nitrogen and oxygen atoms in total. The molecule has 0 radical (unpaired) electrons. The van der Waals surface area contributed by atoms with E-state index in [1.165, 1.54) is 52.8 Å². The van der Waals surface area contributed by atoms with Crippen molar-refractivity contribution in [2.75, 3.05) is 0 Å². The fraction of sp³-hybridized carbons (Fsp3) is 0.633. The summed E-state index contributed by atoms with van der Waals surface area (Å²) in [6.45, 7) is 17.0. The SMILES string of the molecule is C=C(C(CC(O)C(C)(C)O)OC(=O)/C(C)=C\C)[C@@H]1[C@@H](O)[C@@H](OC(=O)/C(C)=C\C)[C@](C)(O)[C@H](O)[C@@H]1OC(=O)/C(C)=C\C. The average molecular weight is 583 g/mol. The van der Waals surface area contributed by atoms with Gasteiger partial charge in [-0.15, -0.1) is 0 Å². The van der Waals surface area contributed by atoms with Gasteiger partial charge in [0.1, 0.15) is 30.0 Å². The molecule has 1 rings (SSSR count). The first-order valence-corrected chi connectivity index (χ1v) is 13.4. The number of allylic oxidation sites excluding steroid dienone is 3. The summed E-state index contributed by atoms with van der Waals surface area (Å²) in [6, 6.07) is 0. The summed E-state index contributed by atoms with van der Waals surface area (Å²) >= 11 is 0. The van der Waals surface area contributed by atoms with Gasteiger partial charge in [-0.3, -0.25) is 0 Å². The van der Waals surface area contributed by atoms with Gasteiger partial charge >= 0.3 is 17.9 Å². The summed E-state index contributed by atoms with van der Waals surface area (Å²) in [4.78, 5) is 38.2. The van der Waals surface area contributed by atoms with E-state index in [2.05, 4.69) is 6.58 Å². The van der Waals surface area contributed by atoms with Crippen molar-refractivity contribution in [3.8, 4) is 0 Å². The highest BCUT2D eigenvalue weighted by Gasteiger charge is 2.61. The molecule has 0 saturated heterocycles. The molecule has 0 amide bonds. The monoisotopic (exact) mass is 582 g/mol. The van der Waals surface area contributed by atoms with E-state index in [1.807, 2.05) is 0 Å². The summed E-state index contributed by atoms with van der Waals surface area (Å²) in [5.74, 6) is -4.00. The highest BCUT2D eigenvalue weighted by molar-refractivity contribution is 5.89. The predicted octanol–water partition coefficient (Wildman–Crippen LogP) is 1.80. The van der Waals surface area contributed by atoms with E-state index in [0.717, 1.165) is 6.92 Å². The minimum absolute atomic E-state index is 0.118. The Labute approximate surface area is 241 Å². The van der Waals surface area contributed by atoms with Crippen LogP contribution >= 0.6 is 0 Å². The standard InChI is InChI=1S/C30H46O11/c1-11-15(4)26(34)39-19(14-20(31)29(8,9)37)18(7)21-22(32)25(41-28(36)17(6)13-3)30(10,38)24(33)23(21)40-27(35)16(5)12-2/h11-13,19-25,31-33,37-38H,7,14H2,1-6,8-10H3/b15-11-,16-12-,17-13-/t19?,20?,21-,22-,23-,24-,25-,30-/m1/s1. The van der Waals surface area contributed by atoms with E-state index < -0.39 is 78.1 Å². The molecule has 232 valence electrons. The van der Waals surface area contributed by atoms with Crippen LogP contribution in [0.2, 0.25) is 0 Å². The van der Waals surface area contributed by atoms with Crippen LogP contribution in [0.4, 0.5) is 0 Å². The van der Waals surface area contributed by atoms with Gasteiger partial charge in [0, 0.05) is 23.1 Å². The predicted molar refractivity (Wildman–Crippen MR) is 150 cm³/mol. The van der Waals surface area contributed by atoms with Gasteiger partial charge in [-0.1, -0.05) is 24.8 Å². The van der Waals surface area contributed by atoms with Gasteiger partial charge in [-0.25, -0.2) is 14.4 Å². The van der Waals surface area contributed by atoms with Crippen molar-refractivity contribution < 1.29 is 54.1 Å². The molecule has 0 aromatic rings. The van der Waals surface area contributed by atoms with Crippen LogP contribution in [0.25, 0.3) is 0 Å². The second-order valence-corrected chi connectivity index (χ2v) is 11.2. The zero-order chi connectivity index (χ0) is 32.0. The van der Waals surface area contributed by atoms with Crippen LogP contribution in [0, 0.1) is 5.92 Å². The van der Waals surface area contributed by atoms with E-state index in [4.69, 9.17) is 14.2 Å². The fourth-order valence-electron chi connectivity index (χ4n) is 4.16. The Morgan fingerprint density at radius 1 is 0.927 bits per heavy atom. The topological polar surface area (TPSA) is 180 Å². The van der Waals surface area contributed by atoms with E-state index in [1.54, 1.807) is 20.8 Å². The Morgan fingerprint density at radius 2 is 1.37 bits per heavy atom. The van der Waals surface area contributed by atoms with Crippen molar-refractivity contribution >= 4 is 17.9 Å². The van der Waals surface area contributed by atoms with Gasteiger partial charge in [0.15, 0.2) is 6.10 Å². The molecule has 0 spiro atoms. The summed E-state index contributed by atoms with van der Waals surface area (Å²) in [5, 5.41) is 55.2. The third-order valence-electron chi connectivity index (χ3n) is 7.60. The summed E-state index contributed by atoms with van der Waals surface area (Å²) in [6.07, 6.45) is -5.96. The first kappa shape index (κ1) is 36.2. The zero-order valence-corrected chi connectivity index (χ0v) is 25.4. The van der Waals surface area contributed by atoms with E-state index in [-0.39, 0.29) is 22.3 Å². The van der Waals surface area contributed by atoms with Crippen LogP contribution in [0.1, 0.15) is 68.7 Å². The molecule has 0 bridgehead atoms. The normalized spacial score (nSPS) is 29.3. The summed E-state index contributed by atoms with van der Waals surface area (Å²) < 4.78 is 16.6. The number of esters is 3. The molecule has 1 aliphatic carbocycles. The van der Waals surface area contributed by atoms with Crippen LogP contribution in [0.3, 0.4) is 0 Å². The van der Waals surface area contributed by atoms with E-state index >= 15 is 0 Å². The smallest absolute Gasteiger partial charge is 0.333 e. The summed E-state index contributed by atoms with van der Waals surface area (Å²) in [7, 11) is 0. The number of hydrogen-bond donors (Lipinski definition) is 5. The number of ether oxygens (including phenoxy) is 3. The van der Waals surface area contributed by atoms with Gasteiger partial charge in [-0.05, 0) is 67.9 Å². The van der Waals surface area contributed by atoms with Crippen molar-refractivity contribution in [1.82, 2.24) is 0 Å². The van der Waals surface area contributed by atoms with Crippen molar-refractivity contribution in [3.63, 3.8) is 0 Å². The maximum atomic E-state index is 12.8. The molecule has 8 atom stereocenters. The van der Waals surface area contributed by atoms with Crippen LogP contribution < -0.4 is 0 Å². The summed E-state index contributed by atoms with van der Waals surface area (Å²) in [5.41, 5.74) is -3.52. The maximum Gasteiger partial charge on any atom is 0.333 e. The van der Waals surface area contributed by atoms with Crippen LogP contribution in [-0.4, -0.2) is 91.3 Å². The molecule has 0 heterocycles. The first-order valence-electron chi connectivity index (χ1n) is 13.4. The molecule has 1 saturated carbocycles. The number of carbonyl (C=O) groups is 3. The largest absolute Gasteiger partial charge is 0.455 e. The van der Waals surface area contributed by atoms with E-state index in [0.29, 0.717) is 0 Å². The third kappa shape index (κ3) is 8.59. The minimum atomic E-state index is -2.31. The zero-order valence-electron chi connectivity index (χ0n) is 25.4. The third-order valence-corrected chi connectivity index (χ3v) is 7.60. The average Bonchev–Trinajstić information content (AvgIpc) is 2.90. The first-order chi connectivity index (χ1) is 18.8. The molecule has 0 aliphatic heterocycles. The lowest BCUT2D eigenvalue weighted by molar-refractivity contribution is -0.255. The lowest BCUT2D eigenvalue weighted by Crippen LogP contribution is -2.70. The Balaban J connectivity index is 3.76. The van der Waals surface area contributed by atoms with Crippen molar-refractivity contribution in [3.05, 3.63) is 47.1 Å². The Kier molecular flexibility index (Phi) is 12.7. The van der Waals surface area contributed by atoms with Gasteiger partial charge in [0.05, 0.1) is 17.6 Å². The molecule has 11 heteroatoms.